The number of amides is 1. The monoisotopic (exact) mass is 433 g/mol. The Balaban J connectivity index is 1.60. The van der Waals surface area contributed by atoms with Crippen molar-refractivity contribution in [3.8, 4) is 5.69 Å². The van der Waals surface area contributed by atoms with Gasteiger partial charge in [0, 0.05) is 18.0 Å². The van der Waals surface area contributed by atoms with Crippen LogP contribution in [-0.2, 0) is 9.53 Å². The molecule has 0 unspecified atom stereocenters. The first-order chi connectivity index (χ1) is 15.6. The summed E-state index contributed by atoms with van der Waals surface area (Å²) in [6.45, 7) is 2.18. The molecule has 4 rings (SSSR count). The van der Waals surface area contributed by atoms with Crippen LogP contribution in [0.1, 0.15) is 49.5 Å². The van der Waals surface area contributed by atoms with Gasteiger partial charge in [0.2, 0.25) is 0 Å². The van der Waals surface area contributed by atoms with Crippen LogP contribution in [0.25, 0.3) is 16.5 Å². The summed E-state index contributed by atoms with van der Waals surface area (Å²) in [7, 11) is 0. The molecule has 0 aliphatic heterocycles. The summed E-state index contributed by atoms with van der Waals surface area (Å²) in [5.41, 5.74) is 0.231. The molecule has 1 amide bonds. The predicted octanol–water partition coefficient (Wildman–Crippen LogP) is 3.72. The Labute approximate surface area is 186 Å². The Bertz CT molecular complexity index is 1170. The highest BCUT2D eigenvalue weighted by molar-refractivity contribution is 6.02. The van der Waals surface area contributed by atoms with Crippen LogP contribution in [0.15, 0.2) is 59.4 Å². The number of ether oxygens (including phenoxy) is 1. The van der Waals surface area contributed by atoms with Crippen LogP contribution in [0, 0.1) is 0 Å². The number of carbonyl (C=O) groups excluding carboxylic acids is 2. The number of likely N-dealkylation sites (N-methyl/N-ethyl adjacent to an activating group) is 1. The van der Waals surface area contributed by atoms with E-state index in [2.05, 4.69) is 5.10 Å². The van der Waals surface area contributed by atoms with Crippen molar-refractivity contribution >= 4 is 22.6 Å². The number of nitrogens with zero attached hydrogens (tertiary/aromatic N) is 3. The number of benzene rings is 2. The molecule has 3 aromatic rings. The molecule has 166 valence electrons. The third-order valence-electron chi connectivity index (χ3n) is 6.00. The summed E-state index contributed by atoms with van der Waals surface area (Å²) in [5.74, 6) is -0.924. The van der Waals surface area contributed by atoms with Gasteiger partial charge in [-0.3, -0.25) is 9.59 Å². The van der Waals surface area contributed by atoms with Gasteiger partial charge in [-0.25, -0.2) is 4.79 Å². The first kappa shape index (κ1) is 21.7. The second kappa shape index (κ2) is 9.77. The largest absolute Gasteiger partial charge is 0.451 e. The Hall–Kier alpha value is -3.48. The van der Waals surface area contributed by atoms with E-state index in [9.17, 15) is 14.4 Å². The number of para-hydroxylation sites is 1. The van der Waals surface area contributed by atoms with E-state index in [1.54, 1.807) is 48.5 Å². The molecule has 32 heavy (non-hydrogen) atoms. The van der Waals surface area contributed by atoms with E-state index in [0.29, 0.717) is 23.0 Å². The molecule has 0 bridgehead atoms. The number of aromatic nitrogens is 2. The maximum absolute atomic E-state index is 13.0. The molecule has 1 aliphatic rings. The number of esters is 1. The van der Waals surface area contributed by atoms with E-state index in [1.165, 1.54) is 11.1 Å². The van der Waals surface area contributed by atoms with Gasteiger partial charge in [0.15, 0.2) is 12.3 Å². The maximum atomic E-state index is 13.0. The van der Waals surface area contributed by atoms with E-state index in [-0.39, 0.29) is 29.8 Å². The lowest BCUT2D eigenvalue weighted by molar-refractivity contribution is -0.137. The summed E-state index contributed by atoms with van der Waals surface area (Å²) in [4.78, 5) is 40.5. The molecule has 2 aromatic carbocycles. The highest BCUT2D eigenvalue weighted by Gasteiger charge is 2.26. The topological polar surface area (TPSA) is 81.5 Å². The standard InChI is InChI=1S/C25H27N3O4/c1-2-27(18-11-5-3-6-12-18)22(29)17-32-25(31)23-20-15-9-10-16-21(20)24(30)28(26-23)19-13-7-4-8-14-19/h4,7-10,13-16,18H,2-3,5-6,11-12,17H2,1H3. The van der Waals surface area contributed by atoms with Crippen molar-refractivity contribution < 1.29 is 14.3 Å². The van der Waals surface area contributed by atoms with E-state index in [1.807, 2.05) is 17.9 Å². The van der Waals surface area contributed by atoms with Crippen molar-refractivity contribution in [2.45, 2.75) is 45.1 Å². The van der Waals surface area contributed by atoms with Crippen LogP contribution < -0.4 is 5.56 Å². The first-order valence-corrected chi connectivity index (χ1v) is 11.1. The van der Waals surface area contributed by atoms with Gasteiger partial charge in [-0.2, -0.15) is 9.78 Å². The van der Waals surface area contributed by atoms with Crippen molar-refractivity contribution in [3.05, 3.63) is 70.6 Å². The second-order valence-electron chi connectivity index (χ2n) is 7.99. The average Bonchev–Trinajstić information content (AvgIpc) is 2.84. The second-order valence-corrected chi connectivity index (χ2v) is 7.99. The highest BCUT2D eigenvalue weighted by Crippen LogP contribution is 2.23. The van der Waals surface area contributed by atoms with Crippen molar-refractivity contribution in [3.63, 3.8) is 0 Å². The predicted molar refractivity (Wildman–Crippen MR) is 122 cm³/mol. The molecule has 0 N–H and O–H groups in total. The molecule has 0 radical (unpaired) electrons. The summed E-state index contributed by atoms with van der Waals surface area (Å²) in [6.07, 6.45) is 5.41. The fraction of sp³-hybridized carbons (Fsp3) is 0.360. The van der Waals surface area contributed by atoms with Gasteiger partial charge in [-0.05, 0) is 38.0 Å². The Morgan fingerprint density at radius 3 is 2.34 bits per heavy atom. The van der Waals surface area contributed by atoms with E-state index in [4.69, 9.17) is 4.74 Å². The average molecular weight is 434 g/mol. The molecule has 1 saturated carbocycles. The van der Waals surface area contributed by atoms with Crippen molar-refractivity contribution in [1.29, 1.82) is 0 Å². The Kier molecular flexibility index (Phi) is 6.63. The molecule has 0 spiro atoms. The Morgan fingerprint density at radius 2 is 1.66 bits per heavy atom. The van der Waals surface area contributed by atoms with Crippen LogP contribution >= 0.6 is 0 Å². The minimum absolute atomic E-state index is 0.0116. The zero-order valence-corrected chi connectivity index (χ0v) is 18.2. The van der Waals surface area contributed by atoms with Gasteiger partial charge >= 0.3 is 5.97 Å². The highest BCUT2D eigenvalue weighted by atomic mass is 16.5. The zero-order valence-electron chi connectivity index (χ0n) is 18.2. The lowest BCUT2D eigenvalue weighted by Gasteiger charge is -2.33. The minimum Gasteiger partial charge on any atom is -0.451 e. The SMILES string of the molecule is CCN(C(=O)COC(=O)c1nn(-c2ccccc2)c(=O)c2ccccc12)C1CCCCC1. The number of hydrogen-bond donors (Lipinski definition) is 0. The molecule has 1 fully saturated rings. The molecule has 7 nitrogen and oxygen atoms in total. The molecule has 0 atom stereocenters. The molecular formula is C25H27N3O4. The molecule has 1 aliphatic carbocycles. The lowest BCUT2D eigenvalue weighted by Crippen LogP contribution is -2.43. The Morgan fingerprint density at radius 1 is 1.00 bits per heavy atom. The van der Waals surface area contributed by atoms with E-state index in [0.717, 1.165) is 25.7 Å². The molecular weight excluding hydrogens is 406 g/mol. The third-order valence-corrected chi connectivity index (χ3v) is 6.00. The fourth-order valence-electron chi connectivity index (χ4n) is 4.39. The fourth-order valence-corrected chi connectivity index (χ4v) is 4.39. The number of fused-ring (bicyclic) bond motifs is 1. The van der Waals surface area contributed by atoms with Gasteiger partial charge in [0.05, 0.1) is 11.1 Å². The summed E-state index contributed by atoms with van der Waals surface area (Å²) in [6, 6.07) is 15.9. The summed E-state index contributed by atoms with van der Waals surface area (Å²) >= 11 is 0. The minimum atomic E-state index is -0.723. The van der Waals surface area contributed by atoms with Crippen molar-refractivity contribution in [2.24, 2.45) is 0 Å². The summed E-state index contributed by atoms with van der Waals surface area (Å²) < 4.78 is 6.59. The normalized spacial score (nSPS) is 14.3. The summed E-state index contributed by atoms with van der Waals surface area (Å²) in [5, 5.41) is 5.08. The quantitative estimate of drug-likeness (QED) is 0.554. The van der Waals surface area contributed by atoms with Crippen LogP contribution in [-0.4, -0.2) is 45.8 Å². The van der Waals surface area contributed by atoms with E-state index >= 15 is 0 Å². The van der Waals surface area contributed by atoms with Gasteiger partial charge in [-0.15, -0.1) is 0 Å². The molecule has 1 heterocycles. The number of hydrogen-bond acceptors (Lipinski definition) is 5. The first-order valence-electron chi connectivity index (χ1n) is 11.1. The van der Waals surface area contributed by atoms with Gasteiger partial charge in [0.1, 0.15) is 0 Å². The van der Waals surface area contributed by atoms with Gasteiger partial charge < -0.3 is 9.64 Å². The lowest BCUT2D eigenvalue weighted by atomic mass is 9.94. The van der Waals surface area contributed by atoms with Crippen molar-refractivity contribution in [1.82, 2.24) is 14.7 Å². The molecule has 0 saturated heterocycles. The number of rotatable bonds is 6. The van der Waals surface area contributed by atoms with Crippen molar-refractivity contribution in [2.75, 3.05) is 13.2 Å². The van der Waals surface area contributed by atoms with Crippen LogP contribution in [0.2, 0.25) is 0 Å². The molecule has 1 aromatic heterocycles. The maximum Gasteiger partial charge on any atom is 0.359 e. The van der Waals surface area contributed by atoms with Crippen LogP contribution in [0.3, 0.4) is 0 Å². The van der Waals surface area contributed by atoms with Gasteiger partial charge in [-0.1, -0.05) is 55.7 Å². The van der Waals surface area contributed by atoms with E-state index < -0.39 is 5.97 Å². The van der Waals surface area contributed by atoms with Crippen LogP contribution in [0.5, 0.6) is 0 Å². The molecule has 7 heteroatoms. The smallest absolute Gasteiger partial charge is 0.359 e. The zero-order chi connectivity index (χ0) is 22.5. The number of carbonyl (C=O) groups is 2. The van der Waals surface area contributed by atoms with Gasteiger partial charge in [0.25, 0.3) is 11.5 Å². The van der Waals surface area contributed by atoms with Crippen LogP contribution in [0.4, 0.5) is 0 Å². The third kappa shape index (κ3) is 4.42.